The van der Waals surface area contributed by atoms with Gasteiger partial charge in [-0.25, -0.2) is 4.68 Å². The van der Waals surface area contributed by atoms with Gasteiger partial charge in [0.1, 0.15) is 0 Å². The molecule has 1 aliphatic heterocycles. The van der Waals surface area contributed by atoms with Crippen LogP contribution in [0.1, 0.15) is 12.8 Å². The van der Waals surface area contributed by atoms with E-state index in [9.17, 15) is 0 Å². The Balaban J connectivity index is 1.37. The molecule has 8 nitrogen and oxygen atoms in total. The number of rotatable bonds is 6. The molecule has 6 rings (SSSR count). The van der Waals surface area contributed by atoms with Gasteiger partial charge in [0.2, 0.25) is 0 Å². The number of nitrogens with zero attached hydrogens (tertiary/aromatic N) is 6. The van der Waals surface area contributed by atoms with E-state index in [1.165, 1.54) is 25.1 Å². The van der Waals surface area contributed by atoms with Gasteiger partial charge < -0.3 is 14.4 Å². The number of benzene rings is 2. The Labute approximate surface area is 192 Å². The van der Waals surface area contributed by atoms with Crippen molar-refractivity contribution in [3.8, 4) is 17.2 Å². The van der Waals surface area contributed by atoms with E-state index in [0.29, 0.717) is 11.5 Å². The van der Waals surface area contributed by atoms with Crippen LogP contribution in [0, 0.1) is 5.92 Å². The van der Waals surface area contributed by atoms with Crippen molar-refractivity contribution in [3.63, 3.8) is 0 Å². The molecule has 0 atom stereocenters. The quantitative estimate of drug-likeness (QED) is 0.451. The minimum atomic E-state index is 0.630. The molecule has 8 heteroatoms. The van der Waals surface area contributed by atoms with Crippen LogP contribution in [0.25, 0.3) is 27.5 Å². The summed E-state index contributed by atoms with van der Waals surface area (Å²) in [5, 5.41) is 15.4. The molecule has 0 spiro atoms. The topological polar surface area (TPSA) is 68.5 Å². The summed E-state index contributed by atoms with van der Waals surface area (Å²) in [6, 6.07) is 10.2. The van der Waals surface area contributed by atoms with Crippen LogP contribution in [0.3, 0.4) is 0 Å². The monoisotopic (exact) mass is 444 g/mol. The average Bonchev–Trinajstić information content (AvgIpc) is 3.57. The molecule has 0 N–H and O–H groups in total. The SMILES string of the molecule is COc1cc2nncc(-n3ncc4c(N5CCN(CC6CC6)CC5)cccc43)c2cc1OC. The molecular weight excluding hydrogens is 416 g/mol. The maximum atomic E-state index is 5.53. The van der Waals surface area contributed by atoms with Gasteiger partial charge in [-0.15, -0.1) is 0 Å². The minimum absolute atomic E-state index is 0.630. The molecule has 2 aromatic heterocycles. The summed E-state index contributed by atoms with van der Waals surface area (Å²) >= 11 is 0. The lowest BCUT2D eigenvalue weighted by Crippen LogP contribution is -2.47. The first-order valence-electron chi connectivity index (χ1n) is 11.6. The van der Waals surface area contributed by atoms with Crippen molar-refractivity contribution >= 4 is 27.5 Å². The third-order valence-electron chi connectivity index (χ3n) is 6.87. The summed E-state index contributed by atoms with van der Waals surface area (Å²) in [5.41, 5.74) is 3.89. The number of ether oxygens (including phenoxy) is 2. The van der Waals surface area contributed by atoms with Gasteiger partial charge in [-0.1, -0.05) is 6.07 Å². The lowest BCUT2D eigenvalue weighted by molar-refractivity contribution is 0.248. The Morgan fingerprint density at radius 2 is 1.70 bits per heavy atom. The van der Waals surface area contributed by atoms with Crippen LogP contribution in [0.2, 0.25) is 0 Å². The van der Waals surface area contributed by atoms with Gasteiger partial charge in [0.05, 0.1) is 43.3 Å². The van der Waals surface area contributed by atoms with Crippen LogP contribution in [-0.2, 0) is 0 Å². The van der Waals surface area contributed by atoms with E-state index in [0.717, 1.165) is 59.6 Å². The van der Waals surface area contributed by atoms with Crippen LogP contribution in [0.15, 0.2) is 42.7 Å². The molecular formula is C25H28N6O2. The molecule has 0 bridgehead atoms. The van der Waals surface area contributed by atoms with Crippen molar-refractivity contribution in [3.05, 3.63) is 42.7 Å². The molecule has 2 aromatic carbocycles. The van der Waals surface area contributed by atoms with E-state index in [-0.39, 0.29) is 0 Å². The van der Waals surface area contributed by atoms with Crippen molar-refractivity contribution in [1.82, 2.24) is 24.9 Å². The highest BCUT2D eigenvalue weighted by Gasteiger charge is 2.27. The van der Waals surface area contributed by atoms with Crippen LogP contribution in [0.5, 0.6) is 11.5 Å². The average molecular weight is 445 g/mol. The largest absolute Gasteiger partial charge is 0.493 e. The third kappa shape index (κ3) is 3.64. The molecule has 1 saturated heterocycles. The smallest absolute Gasteiger partial charge is 0.162 e. The Morgan fingerprint density at radius 3 is 2.45 bits per heavy atom. The molecule has 1 saturated carbocycles. The fourth-order valence-electron chi connectivity index (χ4n) is 4.88. The molecule has 3 heterocycles. The highest BCUT2D eigenvalue weighted by Crippen LogP contribution is 2.35. The zero-order chi connectivity index (χ0) is 22.4. The van der Waals surface area contributed by atoms with E-state index in [1.54, 1.807) is 20.4 Å². The van der Waals surface area contributed by atoms with Crippen LogP contribution in [0.4, 0.5) is 5.69 Å². The minimum Gasteiger partial charge on any atom is -0.493 e. The molecule has 0 unspecified atom stereocenters. The standard InChI is InChI=1S/C25H28N6O2/c1-32-24-12-18-20(13-25(24)33-2)28-26-15-23(18)31-22-5-3-4-21(19(22)14-27-31)30-10-8-29(9-11-30)16-17-6-7-17/h3-5,12-15,17H,6-11,16H2,1-2H3. The lowest BCUT2D eigenvalue weighted by Gasteiger charge is -2.36. The second-order valence-corrected chi connectivity index (χ2v) is 8.95. The van der Waals surface area contributed by atoms with Crippen LogP contribution < -0.4 is 14.4 Å². The molecule has 0 amide bonds. The normalized spacial score (nSPS) is 17.1. The second kappa shape index (κ2) is 8.19. The number of piperazine rings is 1. The van der Waals surface area contributed by atoms with Gasteiger partial charge >= 0.3 is 0 Å². The molecule has 2 aliphatic rings. The first-order chi connectivity index (χ1) is 16.2. The van der Waals surface area contributed by atoms with E-state index >= 15 is 0 Å². The number of hydrogen-bond donors (Lipinski definition) is 0. The van der Waals surface area contributed by atoms with E-state index in [4.69, 9.17) is 14.6 Å². The first-order valence-corrected chi connectivity index (χ1v) is 11.6. The zero-order valence-corrected chi connectivity index (χ0v) is 19.1. The summed E-state index contributed by atoms with van der Waals surface area (Å²) in [7, 11) is 3.26. The Hall–Kier alpha value is -3.39. The Kier molecular flexibility index (Phi) is 5.02. The Bertz CT molecular complexity index is 1310. The molecule has 4 aromatic rings. The predicted octanol–water partition coefficient (Wildman–Crippen LogP) is 3.52. The fraction of sp³-hybridized carbons (Fsp3) is 0.400. The number of fused-ring (bicyclic) bond motifs is 2. The number of anilines is 1. The maximum Gasteiger partial charge on any atom is 0.162 e. The van der Waals surface area contributed by atoms with Crippen molar-refractivity contribution in [2.45, 2.75) is 12.8 Å². The highest BCUT2D eigenvalue weighted by atomic mass is 16.5. The second-order valence-electron chi connectivity index (χ2n) is 8.95. The van der Waals surface area contributed by atoms with E-state index < -0.39 is 0 Å². The Morgan fingerprint density at radius 1 is 0.909 bits per heavy atom. The van der Waals surface area contributed by atoms with Gasteiger partial charge in [0.25, 0.3) is 0 Å². The highest BCUT2D eigenvalue weighted by molar-refractivity contribution is 5.96. The fourth-order valence-corrected chi connectivity index (χ4v) is 4.88. The molecule has 170 valence electrons. The number of methoxy groups -OCH3 is 2. The van der Waals surface area contributed by atoms with Gasteiger partial charge in [-0.2, -0.15) is 15.3 Å². The summed E-state index contributed by atoms with van der Waals surface area (Å²) in [6.07, 6.45) is 6.55. The molecule has 2 fully saturated rings. The molecule has 1 aliphatic carbocycles. The van der Waals surface area contributed by atoms with Gasteiger partial charge in [0.15, 0.2) is 11.5 Å². The first kappa shape index (κ1) is 20.2. The number of hydrogen-bond acceptors (Lipinski definition) is 7. The van der Waals surface area contributed by atoms with Crippen molar-refractivity contribution in [2.75, 3.05) is 51.8 Å². The predicted molar refractivity (Wildman–Crippen MR) is 129 cm³/mol. The summed E-state index contributed by atoms with van der Waals surface area (Å²) < 4.78 is 12.9. The van der Waals surface area contributed by atoms with E-state index in [2.05, 4.69) is 38.2 Å². The van der Waals surface area contributed by atoms with Crippen molar-refractivity contribution in [1.29, 1.82) is 0 Å². The zero-order valence-electron chi connectivity index (χ0n) is 19.1. The van der Waals surface area contributed by atoms with Crippen molar-refractivity contribution in [2.24, 2.45) is 5.92 Å². The van der Waals surface area contributed by atoms with Gasteiger partial charge in [-0.3, -0.25) is 4.90 Å². The van der Waals surface area contributed by atoms with Crippen LogP contribution >= 0.6 is 0 Å². The van der Waals surface area contributed by atoms with Crippen LogP contribution in [-0.4, -0.2) is 71.8 Å². The maximum absolute atomic E-state index is 5.53. The van der Waals surface area contributed by atoms with Crippen molar-refractivity contribution < 1.29 is 9.47 Å². The summed E-state index contributed by atoms with van der Waals surface area (Å²) in [6.45, 7) is 5.62. The number of aromatic nitrogens is 4. The lowest BCUT2D eigenvalue weighted by atomic mass is 10.1. The molecule has 0 radical (unpaired) electrons. The molecule has 33 heavy (non-hydrogen) atoms. The summed E-state index contributed by atoms with van der Waals surface area (Å²) in [5.74, 6) is 2.23. The third-order valence-corrected chi connectivity index (χ3v) is 6.87. The summed E-state index contributed by atoms with van der Waals surface area (Å²) in [4.78, 5) is 5.11. The van der Waals surface area contributed by atoms with E-state index in [1.807, 2.05) is 23.0 Å². The van der Waals surface area contributed by atoms with Gasteiger partial charge in [-0.05, 0) is 37.0 Å². The van der Waals surface area contributed by atoms with Gasteiger partial charge in [0, 0.05) is 55.2 Å².